The first kappa shape index (κ1) is 19.9. The van der Waals surface area contributed by atoms with E-state index >= 15 is 0 Å². The minimum Gasteiger partial charge on any atom is -0.348 e. The van der Waals surface area contributed by atoms with Crippen molar-refractivity contribution in [3.63, 3.8) is 0 Å². The molecule has 2 aromatic rings. The molecule has 0 bridgehead atoms. The third-order valence-electron chi connectivity index (χ3n) is 3.61. The van der Waals surface area contributed by atoms with Crippen LogP contribution in [0.4, 0.5) is 5.69 Å². The zero-order valence-electron chi connectivity index (χ0n) is 12.5. The van der Waals surface area contributed by atoms with Crippen molar-refractivity contribution in [1.29, 1.82) is 0 Å². The van der Waals surface area contributed by atoms with Crippen LogP contribution < -0.4 is 10.6 Å². The van der Waals surface area contributed by atoms with Gasteiger partial charge in [0.05, 0.1) is 11.3 Å². The monoisotopic (exact) mass is 373 g/mol. The Morgan fingerprint density at radius 3 is 2.79 bits per heavy atom. The molecule has 8 nitrogen and oxygen atoms in total. The summed E-state index contributed by atoms with van der Waals surface area (Å²) in [6.07, 6.45) is 5.50. The van der Waals surface area contributed by atoms with Gasteiger partial charge in [-0.2, -0.15) is 0 Å². The lowest BCUT2D eigenvalue weighted by molar-refractivity contribution is -0.384. The molecule has 1 amide bonds. The molecule has 1 aliphatic rings. The Kier molecular flexibility index (Phi) is 7.15. The molecule has 1 aromatic heterocycles. The van der Waals surface area contributed by atoms with Crippen LogP contribution in [0.15, 0.2) is 36.9 Å². The van der Waals surface area contributed by atoms with E-state index in [9.17, 15) is 14.9 Å². The smallest absolute Gasteiger partial charge is 0.294 e. The van der Waals surface area contributed by atoms with Gasteiger partial charge >= 0.3 is 0 Å². The molecular formula is C14H17Cl2N5O3. The van der Waals surface area contributed by atoms with E-state index in [4.69, 9.17) is 0 Å². The van der Waals surface area contributed by atoms with E-state index < -0.39 is 4.92 Å². The predicted molar refractivity (Wildman–Crippen MR) is 93.5 cm³/mol. The number of amides is 1. The van der Waals surface area contributed by atoms with Crippen molar-refractivity contribution in [2.45, 2.75) is 12.5 Å². The molecule has 1 aromatic carbocycles. The predicted octanol–water partition coefficient (Wildman–Crippen LogP) is 1.72. The average Bonchev–Trinajstić information content (AvgIpc) is 3.19. The van der Waals surface area contributed by atoms with Gasteiger partial charge in [-0.3, -0.25) is 14.9 Å². The normalized spacial score (nSPS) is 15.9. The molecule has 130 valence electrons. The number of hydrogen-bond acceptors (Lipinski definition) is 5. The van der Waals surface area contributed by atoms with Crippen molar-refractivity contribution >= 4 is 36.4 Å². The van der Waals surface area contributed by atoms with Crippen LogP contribution >= 0.6 is 24.8 Å². The third kappa shape index (κ3) is 4.22. The van der Waals surface area contributed by atoms with E-state index in [-0.39, 0.29) is 48.0 Å². The van der Waals surface area contributed by atoms with E-state index in [0.29, 0.717) is 5.69 Å². The molecule has 1 unspecified atom stereocenters. The van der Waals surface area contributed by atoms with Crippen LogP contribution in [-0.4, -0.2) is 39.5 Å². The zero-order chi connectivity index (χ0) is 15.5. The summed E-state index contributed by atoms with van der Waals surface area (Å²) in [6, 6.07) is 4.51. The number of benzene rings is 1. The molecule has 24 heavy (non-hydrogen) atoms. The summed E-state index contributed by atoms with van der Waals surface area (Å²) in [7, 11) is 0. The highest BCUT2D eigenvalue weighted by Crippen LogP contribution is 2.24. The van der Waals surface area contributed by atoms with Crippen LogP contribution in [0, 0.1) is 10.1 Å². The van der Waals surface area contributed by atoms with Crippen molar-refractivity contribution in [3.8, 4) is 5.69 Å². The number of rotatable bonds is 4. The van der Waals surface area contributed by atoms with Crippen molar-refractivity contribution < 1.29 is 9.72 Å². The zero-order valence-corrected chi connectivity index (χ0v) is 14.2. The summed E-state index contributed by atoms with van der Waals surface area (Å²) in [6.45, 7) is 1.59. The minimum atomic E-state index is -0.497. The maximum atomic E-state index is 12.2. The van der Waals surface area contributed by atoms with Crippen LogP contribution in [0.3, 0.4) is 0 Å². The van der Waals surface area contributed by atoms with Crippen LogP contribution in [-0.2, 0) is 0 Å². The lowest BCUT2D eigenvalue weighted by atomic mass is 10.1. The van der Waals surface area contributed by atoms with Crippen molar-refractivity contribution in [3.05, 3.63) is 52.6 Å². The molecule has 0 spiro atoms. The van der Waals surface area contributed by atoms with Gasteiger partial charge in [-0.25, -0.2) is 4.98 Å². The molecule has 2 N–H and O–H groups in total. The first-order valence-electron chi connectivity index (χ1n) is 6.93. The highest BCUT2D eigenvalue weighted by molar-refractivity contribution is 5.95. The van der Waals surface area contributed by atoms with E-state index in [2.05, 4.69) is 15.6 Å². The second-order valence-corrected chi connectivity index (χ2v) is 5.09. The summed E-state index contributed by atoms with van der Waals surface area (Å²) >= 11 is 0. The molecule has 1 saturated heterocycles. The van der Waals surface area contributed by atoms with Gasteiger partial charge in [0.25, 0.3) is 11.6 Å². The van der Waals surface area contributed by atoms with E-state index in [1.807, 2.05) is 0 Å². The number of nitrogens with zero attached hydrogens (tertiary/aromatic N) is 3. The molecule has 0 radical (unpaired) electrons. The van der Waals surface area contributed by atoms with Gasteiger partial charge in [0.15, 0.2) is 0 Å². The van der Waals surface area contributed by atoms with Crippen LogP contribution in [0.1, 0.15) is 16.8 Å². The lowest BCUT2D eigenvalue weighted by Gasteiger charge is -2.12. The number of halogens is 2. The van der Waals surface area contributed by atoms with E-state index in [1.54, 1.807) is 22.9 Å². The van der Waals surface area contributed by atoms with Crippen molar-refractivity contribution in [1.82, 2.24) is 20.2 Å². The quantitative estimate of drug-likeness (QED) is 0.627. The molecule has 1 aliphatic heterocycles. The maximum Gasteiger partial charge on any atom is 0.294 e. The minimum absolute atomic E-state index is 0. The number of hydrogen-bond donors (Lipinski definition) is 2. The summed E-state index contributed by atoms with van der Waals surface area (Å²) in [5, 5.41) is 17.3. The number of carbonyl (C=O) groups excluding carboxylic acids is 1. The molecule has 1 fully saturated rings. The Bertz CT molecular complexity index is 702. The number of nitro groups is 1. The van der Waals surface area contributed by atoms with E-state index in [0.717, 1.165) is 19.5 Å². The fourth-order valence-corrected chi connectivity index (χ4v) is 2.48. The Hall–Kier alpha value is -2.16. The second-order valence-electron chi connectivity index (χ2n) is 5.09. The number of imidazole rings is 1. The summed E-state index contributed by atoms with van der Waals surface area (Å²) in [5.74, 6) is -0.297. The van der Waals surface area contributed by atoms with Gasteiger partial charge in [-0.05, 0) is 25.1 Å². The summed E-state index contributed by atoms with van der Waals surface area (Å²) in [5.41, 5.74) is 0.527. The Labute approximate surface area is 150 Å². The highest BCUT2D eigenvalue weighted by Gasteiger charge is 2.21. The van der Waals surface area contributed by atoms with Crippen LogP contribution in [0.25, 0.3) is 5.69 Å². The molecular weight excluding hydrogens is 357 g/mol. The van der Waals surface area contributed by atoms with E-state index in [1.165, 1.54) is 18.6 Å². The average molecular weight is 374 g/mol. The summed E-state index contributed by atoms with van der Waals surface area (Å²) < 4.78 is 1.54. The van der Waals surface area contributed by atoms with Gasteiger partial charge in [0, 0.05) is 36.6 Å². The highest BCUT2D eigenvalue weighted by atomic mass is 35.5. The van der Waals surface area contributed by atoms with Crippen molar-refractivity contribution in [2.75, 3.05) is 13.1 Å². The number of carbonyl (C=O) groups is 1. The third-order valence-corrected chi connectivity index (χ3v) is 3.61. The van der Waals surface area contributed by atoms with Gasteiger partial charge < -0.3 is 15.2 Å². The topological polar surface area (TPSA) is 102 Å². The first-order chi connectivity index (χ1) is 10.6. The second kappa shape index (κ2) is 8.62. The largest absolute Gasteiger partial charge is 0.348 e. The molecule has 0 aliphatic carbocycles. The Morgan fingerprint density at radius 1 is 1.42 bits per heavy atom. The fraction of sp³-hybridized carbons (Fsp3) is 0.286. The number of nitrogens with one attached hydrogen (secondary N) is 2. The number of aromatic nitrogens is 2. The molecule has 2 heterocycles. The Morgan fingerprint density at radius 2 is 2.21 bits per heavy atom. The fourth-order valence-electron chi connectivity index (χ4n) is 2.48. The SMILES string of the molecule is Cl.Cl.O=C(NC1CCNC1)c1ccc(-n2ccnc2)c([N+](=O)[O-])c1. The van der Waals surface area contributed by atoms with Gasteiger partial charge in [0.2, 0.25) is 0 Å². The summed E-state index contributed by atoms with van der Waals surface area (Å²) in [4.78, 5) is 26.8. The molecule has 1 atom stereocenters. The lowest BCUT2D eigenvalue weighted by Crippen LogP contribution is -2.36. The molecule has 10 heteroatoms. The van der Waals surface area contributed by atoms with Crippen LogP contribution in [0.2, 0.25) is 0 Å². The Balaban J connectivity index is 0.00000144. The van der Waals surface area contributed by atoms with Gasteiger partial charge in [0.1, 0.15) is 5.69 Å². The molecule has 3 rings (SSSR count). The standard InChI is InChI=1S/C14H15N5O3.2ClH/c20-14(17-11-3-4-15-8-11)10-1-2-12(13(7-10)19(21)22)18-6-5-16-9-18;;/h1-2,5-7,9,11,15H,3-4,8H2,(H,17,20);2*1H. The number of nitro benzene ring substituents is 1. The van der Waals surface area contributed by atoms with Crippen molar-refractivity contribution in [2.24, 2.45) is 0 Å². The van der Waals surface area contributed by atoms with Gasteiger partial charge in [-0.15, -0.1) is 24.8 Å². The maximum absolute atomic E-state index is 12.2. The van der Waals surface area contributed by atoms with Gasteiger partial charge in [-0.1, -0.05) is 0 Å². The van der Waals surface area contributed by atoms with Crippen LogP contribution in [0.5, 0.6) is 0 Å². The molecule has 0 saturated carbocycles. The first-order valence-corrected chi connectivity index (χ1v) is 6.93.